The number of H-pyrrole nitrogens is 1. The lowest BCUT2D eigenvalue weighted by Crippen LogP contribution is -2.45. The van der Waals surface area contributed by atoms with Crippen molar-refractivity contribution in [3.05, 3.63) is 17.0 Å². The molecule has 2 aliphatic heterocycles. The first-order valence-corrected chi connectivity index (χ1v) is 10.4. The maximum atomic E-state index is 12.4. The van der Waals surface area contributed by atoms with Crippen LogP contribution in [0.25, 0.3) is 0 Å². The Hall–Kier alpha value is -1.41. The summed E-state index contributed by atoms with van der Waals surface area (Å²) in [7, 11) is -2.85. The van der Waals surface area contributed by atoms with Crippen molar-refractivity contribution >= 4 is 15.7 Å². The molecule has 2 N–H and O–H groups in total. The predicted octanol–water partition coefficient (Wildman–Crippen LogP) is 0.542. The van der Waals surface area contributed by atoms with Crippen LogP contribution in [0.5, 0.6) is 0 Å². The molecule has 7 nitrogen and oxygen atoms in total. The van der Waals surface area contributed by atoms with E-state index in [-0.39, 0.29) is 23.6 Å². The predicted molar refractivity (Wildman–Crippen MR) is 91.3 cm³/mol. The standard InChI is InChI=1S/C16H26N4O3S/c1-11-15(12(2)19-18-11)9-17-16(21)13-3-6-20(7-4-13)14-5-8-24(22,23)10-14/h13-14H,3-10H2,1-2H3,(H,17,21)(H,18,19). The summed E-state index contributed by atoms with van der Waals surface area (Å²) in [6.45, 7) is 6.01. The minimum Gasteiger partial charge on any atom is -0.352 e. The third-order valence-electron chi connectivity index (χ3n) is 5.35. The average molecular weight is 354 g/mol. The largest absolute Gasteiger partial charge is 0.352 e. The van der Waals surface area contributed by atoms with Crippen molar-refractivity contribution in [1.29, 1.82) is 0 Å². The Morgan fingerprint density at radius 2 is 2.00 bits per heavy atom. The maximum absolute atomic E-state index is 12.4. The average Bonchev–Trinajstić information content (AvgIpc) is 3.07. The monoisotopic (exact) mass is 354 g/mol. The number of nitrogens with one attached hydrogen (secondary N) is 2. The zero-order chi connectivity index (χ0) is 17.3. The van der Waals surface area contributed by atoms with Crippen molar-refractivity contribution in [1.82, 2.24) is 20.4 Å². The molecule has 0 bridgehead atoms. The Morgan fingerprint density at radius 3 is 2.54 bits per heavy atom. The number of aromatic amines is 1. The number of piperidine rings is 1. The van der Waals surface area contributed by atoms with Gasteiger partial charge in [-0.3, -0.25) is 14.8 Å². The molecular formula is C16H26N4O3S. The molecule has 0 aliphatic carbocycles. The third-order valence-corrected chi connectivity index (χ3v) is 7.10. The number of aryl methyl sites for hydroxylation is 2. The van der Waals surface area contributed by atoms with E-state index in [9.17, 15) is 13.2 Å². The van der Waals surface area contributed by atoms with Crippen molar-refractivity contribution in [3.8, 4) is 0 Å². The molecular weight excluding hydrogens is 328 g/mol. The van der Waals surface area contributed by atoms with E-state index in [2.05, 4.69) is 20.4 Å². The lowest BCUT2D eigenvalue weighted by Gasteiger charge is -2.34. The fourth-order valence-corrected chi connectivity index (χ4v) is 5.51. The van der Waals surface area contributed by atoms with E-state index >= 15 is 0 Å². The second kappa shape index (κ2) is 6.84. The van der Waals surface area contributed by atoms with Crippen LogP contribution in [-0.2, 0) is 21.2 Å². The van der Waals surface area contributed by atoms with Crippen LogP contribution in [-0.4, -0.2) is 60.1 Å². The fourth-order valence-electron chi connectivity index (χ4n) is 3.74. The first-order chi connectivity index (χ1) is 11.4. The van der Waals surface area contributed by atoms with Gasteiger partial charge in [-0.25, -0.2) is 8.42 Å². The number of carbonyl (C=O) groups excluding carboxylic acids is 1. The number of hydrogen-bond donors (Lipinski definition) is 2. The Balaban J connectivity index is 1.47. The van der Waals surface area contributed by atoms with Crippen LogP contribution in [0.3, 0.4) is 0 Å². The zero-order valence-electron chi connectivity index (χ0n) is 14.3. The van der Waals surface area contributed by atoms with Crippen LogP contribution in [0.2, 0.25) is 0 Å². The topological polar surface area (TPSA) is 95.2 Å². The first kappa shape index (κ1) is 17.4. The number of rotatable bonds is 4. The first-order valence-electron chi connectivity index (χ1n) is 8.58. The molecule has 2 saturated heterocycles. The molecule has 24 heavy (non-hydrogen) atoms. The molecule has 1 amide bonds. The lowest BCUT2D eigenvalue weighted by molar-refractivity contribution is -0.126. The molecule has 0 spiro atoms. The molecule has 1 aromatic heterocycles. The van der Waals surface area contributed by atoms with Gasteiger partial charge in [0.25, 0.3) is 0 Å². The van der Waals surface area contributed by atoms with Gasteiger partial charge in [-0.05, 0) is 46.2 Å². The maximum Gasteiger partial charge on any atom is 0.223 e. The van der Waals surface area contributed by atoms with Gasteiger partial charge in [0, 0.05) is 29.8 Å². The van der Waals surface area contributed by atoms with Crippen molar-refractivity contribution in [2.45, 2.75) is 45.7 Å². The van der Waals surface area contributed by atoms with Crippen molar-refractivity contribution in [2.24, 2.45) is 5.92 Å². The molecule has 3 heterocycles. The quantitative estimate of drug-likeness (QED) is 0.823. The van der Waals surface area contributed by atoms with Gasteiger partial charge in [0.1, 0.15) is 0 Å². The summed E-state index contributed by atoms with van der Waals surface area (Å²) in [4.78, 5) is 14.6. The highest BCUT2D eigenvalue weighted by atomic mass is 32.2. The number of hydrogen-bond acceptors (Lipinski definition) is 5. The summed E-state index contributed by atoms with van der Waals surface area (Å²) in [5.74, 6) is 0.699. The zero-order valence-corrected chi connectivity index (χ0v) is 15.2. The SMILES string of the molecule is Cc1n[nH]c(C)c1CNC(=O)C1CCN(C2CCS(=O)(=O)C2)CC1. The van der Waals surface area contributed by atoms with Crippen molar-refractivity contribution < 1.29 is 13.2 Å². The Labute approximate surface area is 143 Å². The van der Waals surface area contributed by atoms with Crippen LogP contribution in [0.1, 0.15) is 36.2 Å². The van der Waals surface area contributed by atoms with E-state index in [0.717, 1.165) is 49.3 Å². The number of carbonyl (C=O) groups is 1. The molecule has 0 radical (unpaired) electrons. The third kappa shape index (κ3) is 3.80. The molecule has 3 rings (SSSR count). The summed E-state index contributed by atoms with van der Waals surface area (Å²) in [6, 6.07) is 0.148. The number of amides is 1. The molecule has 0 saturated carbocycles. The van der Waals surface area contributed by atoms with Gasteiger partial charge < -0.3 is 5.32 Å². The van der Waals surface area contributed by atoms with E-state index in [0.29, 0.717) is 12.3 Å². The van der Waals surface area contributed by atoms with Crippen molar-refractivity contribution in [2.75, 3.05) is 24.6 Å². The van der Waals surface area contributed by atoms with E-state index in [1.807, 2.05) is 13.8 Å². The summed E-state index contributed by atoms with van der Waals surface area (Å²) < 4.78 is 23.2. The summed E-state index contributed by atoms with van der Waals surface area (Å²) >= 11 is 0. The van der Waals surface area contributed by atoms with Gasteiger partial charge in [0.05, 0.1) is 17.2 Å². The number of aromatic nitrogens is 2. The minimum atomic E-state index is -2.85. The molecule has 134 valence electrons. The highest BCUT2D eigenvalue weighted by molar-refractivity contribution is 7.91. The fraction of sp³-hybridized carbons (Fsp3) is 0.750. The van der Waals surface area contributed by atoms with Gasteiger partial charge in [0.15, 0.2) is 9.84 Å². The summed E-state index contributed by atoms with van der Waals surface area (Å²) in [5, 5.41) is 10.1. The van der Waals surface area contributed by atoms with E-state index in [1.165, 1.54) is 0 Å². The molecule has 0 aromatic carbocycles. The van der Waals surface area contributed by atoms with Gasteiger partial charge in [0.2, 0.25) is 5.91 Å². The molecule has 1 unspecified atom stereocenters. The number of nitrogens with zero attached hydrogens (tertiary/aromatic N) is 2. The van der Waals surface area contributed by atoms with Crippen LogP contribution >= 0.6 is 0 Å². The van der Waals surface area contributed by atoms with Gasteiger partial charge in [-0.15, -0.1) is 0 Å². The summed E-state index contributed by atoms with van der Waals surface area (Å²) in [6.07, 6.45) is 2.33. The summed E-state index contributed by atoms with van der Waals surface area (Å²) in [5.41, 5.74) is 2.96. The normalized spacial score (nSPS) is 25.0. The number of sulfone groups is 1. The second-order valence-corrected chi connectivity index (χ2v) is 9.23. The van der Waals surface area contributed by atoms with Crippen LogP contribution < -0.4 is 5.32 Å². The van der Waals surface area contributed by atoms with Gasteiger partial charge >= 0.3 is 0 Å². The Morgan fingerprint density at radius 1 is 1.29 bits per heavy atom. The van der Waals surface area contributed by atoms with E-state index < -0.39 is 9.84 Å². The Kier molecular flexibility index (Phi) is 4.96. The van der Waals surface area contributed by atoms with E-state index in [1.54, 1.807) is 0 Å². The van der Waals surface area contributed by atoms with Crippen LogP contribution in [0, 0.1) is 19.8 Å². The Bertz CT molecular complexity index is 685. The second-order valence-electron chi connectivity index (χ2n) is 7.00. The van der Waals surface area contributed by atoms with Crippen LogP contribution in [0.4, 0.5) is 0 Å². The number of likely N-dealkylation sites (tertiary alicyclic amines) is 1. The molecule has 8 heteroatoms. The molecule has 2 aliphatic rings. The highest BCUT2D eigenvalue weighted by Gasteiger charge is 2.35. The van der Waals surface area contributed by atoms with Gasteiger partial charge in [-0.2, -0.15) is 5.10 Å². The molecule has 1 atom stereocenters. The minimum absolute atomic E-state index is 0.0202. The van der Waals surface area contributed by atoms with E-state index in [4.69, 9.17) is 0 Å². The highest BCUT2D eigenvalue weighted by Crippen LogP contribution is 2.24. The van der Waals surface area contributed by atoms with Gasteiger partial charge in [-0.1, -0.05) is 0 Å². The van der Waals surface area contributed by atoms with Crippen LogP contribution in [0.15, 0.2) is 0 Å². The molecule has 2 fully saturated rings. The molecule has 1 aromatic rings. The van der Waals surface area contributed by atoms with Crippen molar-refractivity contribution in [3.63, 3.8) is 0 Å². The lowest BCUT2D eigenvalue weighted by atomic mass is 9.94. The smallest absolute Gasteiger partial charge is 0.223 e.